The van der Waals surface area contributed by atoms with Crippen molar-refractivity contribution in [2.24, 2.45) is 0 Å². The fourth-order valence-electron chi connectivity index (χ4n) is 1.95. The average Bonchev–Trinajstić information content (AvgIpc) is 2.47. The highest BCUT2D eigenvalue weighted by Gasteiger charge is 2.23. The molecular formula is C16H11F2NO2. The van der Waals surface area contributed by atoms with Crippen LogP contribution in [0.1, 0.15) is 21.8 Å². The molecule has 0 N–H and O–H groups in total. The Labute approximate surface area is 120 Å². The summed E-state index contributed by atoms with van der Waals surface area (Å²) in [7, 11) is 1.49. The number of carbonyl (C=O) groups is 1. The minimum Gasteiger partial charge on any atom is -0.497 e. The quantitative estimate of drug-likeness (QED) is 0.809. The molecule has 0 saturated carbocycles. The van der Waals surface area contributed by atoms with Gasteiger partial charge in [0, 0.05) is 11.6 Å². The summed E-state index contributed by atoms with van der Waals surface area (Å²) >= 11 is 0. The molecule has 0 saturated heterocycles. The van der Waals surface area contributed by atoms with Gasteiger partial charge in [-0.05, 0) is 42.0 Å². The molecule has 2 aromatic carbocycles. The van der Waals surface area contributed by atoms with Crippen LogP contribution in [0.25, 0.3) is 0 Å². The van der Waals surface area contributed by atoms with Gasteiger partial charge in [-0.2, -0.15) is 5.26 Å². The predicted octanol–water partition coefficient (Wildman–Crippen LogP) is 3.46. The van der Waals surface area contributed by atoms with Crippen LogP contribution in [0, 0.1) is 23.0 Å². The lowest BCUT2D eigenvalue weighted by atomic mass is 9.91. The van der Waals surface area contributed by atoms with Gasteiger partial charge in [0.15, 0.2) is 5.78 Å². The van der Waals surface area contributed by atoms with E-state index in [4.69, 9.17) is 10.00 Å². The third-order valence-electron chi connectivity index (χ3n) is 2.98. The van der Waals surface area contributed by atoms with Crippen molar-refractivity contribution in [3.63, 3.8) is 0 Å². The summed E-state index contributed by atoms with van der Waals surface area (Å²) in [6.45, 7) is 0. The molecule has 0 bridgehead atoms. The van der Waals surface area contributed by atoms with Crippen molar-refractivity contribution in [2.75, 3.05) is 7.11 Å². The van der Waals surface area contributed by atoms with E-state index in [0.29, 0.717) is 11.8 Å². The van der Waals surface area contributed by atoms with Crippen LogP contribution in [0.5, 0.6) is 5.75 Å². The number of ketones is 1. The van der Waals surface area contributed by atoms with E-state index >= 15 is 0 Å². The van der Waals surface area contributed by atoms with Crippen molar-refractivity contribution in [1.29, 1.82) is 5.26 Å². The maximum atomic E-state index is 13.2. The Morgan fingerprint density at radius 2 is 1.71 bits per heavy atom. The normalized spacial score (nSPS) is 11.5. The van der Waals surface area contributed by atoms with Crippen molar-refractivity contribution in [3.8, 4) is 11.8 Å². The zero-order valence-corrected chi connectivity index (χ0v) is 11.1. The Kier molecular flexibility index (Phi) is 4.29. The minimum atomic E-state index is -1.26. The van der Waals surface area contributed by atoms with Gasteiger partial charge in [0.25, 0.3) is 0 Å². The minimum absolute atomic E-state index is 0.00387. The van der Waals surface area contributed by atoms with Crippen LogP contribution >= 0.6 is 0 Å². The number of nitrogens with zero attached hydrogens (tertiary/aromatic N) is 1. The highest BCUT2D eigenvalue weighted by atomic mass is 19.1. The van der Waals surface area contributed by atoms with Crippen molar-refractivity contribution in [3.05, 3.63) is 65.2 Å². The molecule has 2 rings (SSSR count). The largest absolute Gasteiger partial charge is 0.497 e. The molecule has 0 amide bonds. The van der Waals surface area contributed by atoms with Crippen LogP contribution < -0.4 is 4.74 Å². The number of carbonyl (C=O) groups excluding carboxylic acids is 1. The topological polar surface area (TPSA) is 50.1 Å². The molecule has 0 aliphatic carbocycles. The molecule has 3 nitrogen and oxygen atoms in total. The Morgan fingerprint density at radius 3 is 2.19 bits per heavy atom. The molecule has 0 spiro atoms. The predicted molar refractivity (Wildman–Crippen MR) is 72.0 cm³/mol. The molecule has 0 aliphatic rings. The van der Waals surface area contributed by atoms with Crippen LogP contribution in [-0.4, -0.2) is 12.9 Å². The molecule has 0 aliphatic heterocycles. The first kappa shape index (κ1) is 14.7. The van der Waals surface area contributed by atoms with Crippen LogP contribution in [0.2, 0.25) is 0 Å². The molecule has 0 radical (unpaired) electrons. The second-order valence-electron chi connectivity index (χ2n) is 4.36. The molecule has 21 heavy (non-hydrogen) atoms. The van der Waals surface area contributed by atoms with Gasteiger partial charge < -0.3 is 4.74 Å². The number of ether oxygens (including phenoxy) is 1. The number of halogens is 2. The van der Waals surface area contributed by atoms with Gasteiger partial charge >= 0.3 is 0 Å². The SMILES string of the molecule is COc1ccc(C(=O)C(C#N)c2cc(F)cc(F)c2)cc1. The van der Waals surface area contributed by atoms with Crippen molar-refractivity contribution >= 4 is 5.78 Å². The van der Waals surface area contributed by atoms with E-state index in [1.54, 1.807) is 18.2 Å². The molecule has 2 aromatic rings. The molecule has 1 unspecified atom stereocenters. The Morgan fingerprint density at radius 1 is 1.14 bits per heavy atom. The standard InChI is InChI=1S/C16H11F2NO2/c1-21-14-4-2-10(3-5-14)16(20)15(9-19)11-6-12(17)8-13(18)7-11/h2-8,15H,1H3. The average molecular weight is 287 g/mol. The number of hydrogen-bond acceptors (Lipinski definition) is 3. The first-order chi connectivity index (χ1) is 10.0. The van der Waals surface area contributed by atoms with E-state index in [2.05, 4.69) is 0 Å². The van der Waals surface area contributed by atoms with Crippen LogP contribution in [-0.2, 0) is 0 Å². The number of methoxy groups -OCH3 is 1. The van der Waals surface area contributed by atoms with Crippen molar-refractivity contribution in [1.82, 2.24) is 0 Å². The highest BCUT2D eigenvalue weighted by molar-refractivity contribution is 6.02. The van der Waals surface area contributed by atoms with Crippen molar-refractivity contribution in [2.45, 2.75) is 5.92 Å². The highest BCUT2D eigenvalue weighted by Crippen LogP contribution is 2.23. The third kappa shape index (κ3) is 3.23. The van der Waals surface area contributed by atoms with E-state index in [1.807, 2.05) is 0 Å². The summed E-state index contributed by atoms with van der Waals surface area (Å²) in [6.07, 6.45) is 0. The van der Waals surface area contributed by atoms with Crippen LogP contribution in [0.4, 0.5) is 8.78 Å². The van der Waals surface area contributed by atoms with Crippen molar-refractivity contribution < 1.29 is 18.3 Å². The lowest BCUT2D eigenvalue weighted by molar-refractivity contribution is 0.0978. The number of hydrogen-bond donors (Lipinski definition) is 0. The monoisotopic (exact) mass is 287 g/mol. The van der Waals surface area contributed by atoms with Gasteiger partial charge in [-0.1, -0.05) is 0 Å². The Balaban J connectivity index is 2.36. The van der Waals surface area contributed by atoms with Gasteiger partial charge in [0.05, 0.1) is 13.2 Å². The maximum absolute atomic E-state index is 13.2. The van der Waals surface area contributed by atoms with E-state index in [9.17, 15) is 13.6 Å². The zero-order chi connectivity index (χ0) is 15.4. The third-order valence-corrected chi connectivity index (χ3v) is 2.98. The van der Waals surface area contributed by atoms with Gasteiger partial charge in [-0.15, -0.1) is 0 Å². The second kappa shape index (κ2) is 6.14. The zero-order valence-electron chi connectivity index (χ0n) is 11.1. The number of Topliss-reactive ketones (excluding diaryl/α,β-unsaturated/α-hetero) is 1. The number of rotatable bonds is 4. The Bertz CT molecular complexity index is 685. The molecule has 5 heteroatoms. The second-order valence-corrected chi connectivity index (χ2v) is 4.36. The molecular weight excluding hydrogens is 276 g/mol. The Hall–Kier alpha value is -2.74. The molecule has 0 heterocycles. The van der Waals surface area contributed by atoms with Gasteiger partial charge in [0.2, 0.25) is 0 Å². The number of nitriles is 1. The fraction of sp³-hybridized carbons (Fsp3) is 0.125. The molecule has 106 valence electrons. The summed E-state index contributed by atoms with van der Waals surface area (Å²) < 4.78 is 31.4. The van der Waals surface area contributed by atoms with E-state index in [0.717, 1.165) is 12.1 Å². The van der Waals surface area contributed by atoms with Gasteiger partial charge in [-0.3, -0.25) is 4.79 Å². The molecule has 0 fully saturated rings. The first-order valence-electron chi connectivity index (χ1n) is 6.09. The smallest absolute Gasteiger partial charge is 0.184 e. The lowest BCUT2D eigenvalue weighted by Gasteiger charge is -2.09. The molecule has 1 atom stereocenters. The summed E-state index contributed by atoms with van der Waals surface area (Å²) in [5, 5.41) is 9.15. The van der Waals surface area contributed by atoms with Gasteiger partial charge in [-0.25, -0.2) is 8.78 Å². The maximum Gasteiger partial charge on any atom is 0.184 e. The lowest BCUT2D eigenvalue weighted by Crippen LogP contribution is -2.12. The summed E-state index contributed by atoms with van der Waals surface area (Å²) in [5.74, 6) is -2.87. The fourth-order valence-corrected chi connectivity index (χ4v) is 1.95. The van der Waals surface area contributed by atoms with Gasteiger partial charge in [0.1, 0.15) is 23.3 Å². The summed E-state index contributed by atoms with van der Waals surface area (Å²) in [6, 6.07) is 10.6. The van der Waals surface area contributed by atoms with E-state index in [1.165, 1.54) is 19.2 Å². The molecule has 0 aromatic heterocycles. The summed E-state index contributed by atoms with van der Waals surface area (Å²) in [4.78, 5) is 12.3. The number of benzene rings is 2. The van der Waals surface area contributed by atoms with E-state index in [-0.39, 0.29) is 11.1 Å². The first-order valence-corrected chi connectivity index (χ1v) is 6.09. The van der Waals surface area contributed by atoms with Crippen LogP contribution in [0.15, 0.2) is 42.5 Å². The summed E-state index contributed by atoms with van der Waals surface area (Å²) in [5.41, 5.74) is 0.267. The van der Waals surface area contributed by atoms with Crippen LogP contribution in [0.3, 0.4) is 0 Å². The van der Waals surface area contributed by atoms with E-state index < -0.39 is 23.3 Å².